The lowest BCUT2D eigenvalue weighted by molar-refractivity contribution is -0.137. The number of para-hydroxylation sites is 1. The largest absolute Gasteiger partial charge is 0.441 e. The SMILES string of the molecule is CC1(CCCN)CN(c2ccccc2C(F)(F)F)C(=O)O1. The van der Waals surface area contributed by atoms with Crippen molar-refractivity contribution in [1.82, 2.24) is 0 Å². The summed E-state index contributed by atoms with van der Waals surface area (Å²) < 4.78 is 44.3. The summed E-state index contributed by atoms with van der Waals surface area (Å²) in [5, 5.41) is 0. The number of carbonyl (C=O) groups is 1. The topological polar surface area (TPSA) is 55.6 Å². The molecule has 1 aliphatic rings. The summed E-state index contributed by atoms with van der Waals surface area (Å²) in [7, 11) is 0. The maximum atomic E-state index is 13.0. The molecule has 1 atom stereocenters. The van der Waals surface area contributed by atoms with Crippen LogP contribution in [-0.4, -0.2) is 24.8 Å². The van der Waals surface area contributed by atoms with E-state index in [1.165, 1.54) is 18.2 Å². The highest BCUT2D eigenvalue weighted by molar-refractivity contribution is 5.91. The molecule has 1 unspecified atom stereocenters. The minimum absolute atomic E-state index is 0.0823. The zero-order valence-electron chi connectivity index (χ0n) is 11.6. The number of alkyl halides is 3. The number of rotatable bonds is 4. The van der Waals surface area contributed by atoms with Gasteiger partial charge in [0.05, 0.1) is 17.8 Å². The van der Waals surface area contributed by atoms with Crippen LogP contribution in [0.4, 0.5) is 23.7 Å². The van der Waals surface area contributed by atoms with Gasteiger partial charge in [0.2, 0.25) is 0 Å². The number of cyclic esters (lactones) is 1. The molecule has 1 aromatic carbocycles. The van der Waals surface area contributed by atoms with Crippen LogP contribution in [0.5, 0.6) is 0 Å². The van der Waals surface area contributed by atoms with E-state index in [2.05, 4.69) is 0 Å². The molecule has 1 aliphatic heterocycles. The Balaban J connectivity index is 2.30. The molecule has 0 saturated carbocycles. The van der Waals surface area contributed by atoms with Gasteiger partial charge in [-0.05, 0) is 38.4 Å². The number of anilines is 1. The molecule has 21 heavy (non-hydrogen) atoms. The summed E-state index contributed by atoms with van der Waals surface area (Å²) >= 11 is 0. The minimum Gasteiger partial charge on any atom is -0.441 e. The van der Waals surface area contributed by atoms with Crippen LogP contribution in [0.2, 0.25) is 0 Å². The zero-order valence-corrected chi connectivity index (χ0v) is 11.6. The van der Waals surface area contributed by atoms with Crippen molar-refractivity contribution in [2.45, 2.75) is 31.5 Å². The van der Waals surface area contributed by atoms with Gasteiger partial charge >= 0.3 is 12.3 Å². The summed E-state index contributed by atoms with van der Waals surface area (Å²) in [4.78, 5) is 13.0. The van der Waals surface area contributed by atoms with Crippen molar-refractivity contribution in [3.63, 3.8) is 0 Å². The van der Waals surface area contributed by atoms with Crippen LogP contribution in [0.1, 0.15) is 25.3 Å². The van der Waals surface area contributed by atoms with Crippen molar-refractivity contribution >= 4 is 11.8 Å². The quantitative estimate of drug-likeness (QED) is 0.929. The first-order valence-corrected chi connectivity index (χ1v) is 6.64. The lowest BCUT2D eigenvalue weighted by Gasteiger charge is -2.22. The van der Waals surface area contributed by atoms with E-state index in [1.807, 2.05) is 0 Å². The molecule has 2 rings (SSSR count). The van der Waals surface area contributed by atoms with Gasteiger partial charge in [-0.3, -0.25) is 4.90 Å². The van der Waals surface area contributed by atoms with Crippen molar-refractivity contribution in [1.29, 1.82) is 0 Å². The maximum Gasteiger partial charge on any atom is 0.418 e. The van der Waals surface area contributed by atoms with Gasteiger partial charge in [-0.25, -0.2) is 4.79 Å². The molecular formula is C14H17F3N2O2. The van der Waals surface area contributed by atoms with Crippen LogP contribution in [0.15, 0.2) is 24.3 Å². The van der Waals surface area contributed by atoms with Crippen LogP contribution in [0.25, 0.3) is 0 Å². The fourth-order valence-electron chi connectivity index (χ4n) is 2.44. The normalized spacial score (nSPS) is 22.5. The van der Waals surface area contributed by atoms with E-state index in [0.717, 1.165) is 11.0 Å². The Kier molecular flexibility index (Phi) is 4.13. The van der Waals surface area contributed by atoms with Gasteiger partial charge in [0.15, 0.2) is 0 Å². The summed E-state index contributed by atoms with van der Waals surface area (Å²) in [6, 6.07) is 4.99. The monoisotopic (exact) mass is 302 g/mol. The Hall–Kier alpha value is -1.76. The first kappa shape index (κ1) is 15.6. The highest BCUT2D eigenvalue weighted by Gasteiger charge is 2.44. The summed E-state index contributed by atoms with van der Waals surface area (Å²) in [5.74, 6) is 0. The molecule has 1 aromatic rings. The molecule has 7 heteroatoms. The highest BCUT2D eigenvalue weighted by atomic mass is 19.4. The lowest BCUT2D eigenvalue weighted by atomic mass is 10.00. The standard InChI is InChI=1S/C14H17F3N2O2/c1-13(7-4-8-18)9-19(12(20)21-13)11-6-3-2-5-10(11)14(15,16)17/h2-3,5-6H,4,7-9,18H2,1H3. The predicted octanol–water partition coefficient (Wildman–Crippen LogP) is 3.16. The molecule has 0 bridgehead atoms. The number of nitrogens with two attached hydrogens (primary N) is 1. The average molecular weight is 302 g/mol. The predicted molar refractivity (Wildman–Crippen MR) is 72.0 cm³/mol. The second-order valence-electron chi connectivity index (χ2n) is 5.31. The van der Waals surface area contributed by atoms with Gasteiger partial charge in [0.25, 0.3) is 0 Å². The van der Waals surface area contributed by atoms with Crippen molar-refractivity contribution in [3.8, 4) is 0 Å². The molecule has 1 heterocycles. The second kappa shape index (κ2) is 5.55. The number of hydrogen-bond donors (Lipinski definition) is 1. The van der Waals surface area contributed by atoms with Gasteiger partial charge in [0.1, 0.15) is 5.60 Å². The third kappa shape index (κ3) is 3.29. The second-order valence-corrected chi connectivity index (χ2v) is 5.31. The first-order valence-electron chi connectivity index (χ1n) is 6.64. The summed E-state index contributed by atoms with van der Waals surface area (Å²) in [5.41, 5.74) is 3.60. The van der Waals surface area contributed by atoms with E-state index in [9.17, 15) is 18.0 Å². The van der Waals surface area contributed by atoms with Gasteiger partial charge in [-0.15, -0.1) is 0 Å². The fourth-order valence-corrected chi connectivity index (χ4v) is 2.44. The number of amides is 1. The van der Waals surface area contributed by atoms with Crippen LogP contribution < -0.4 is 10.6 Å². The number of nitrogens with zero attached hydrogens (tertiary/aromatic N) is 1. The third-order valence-electron chi connectivity index (χ3n) is 3.46. The van der Waals surface area contributed by atoms with Crippen LogP contribution >= 0.6 is 0 Å². The molecule has 116 valence electrons. The van der Waals surface area contributed by atoms with E-state index in [0.29, 0.717) is 19.4 Å². The minimum atomic E-state index is -4.52. The number of hydrogen-bond acceptors (Lipinski definition) is 3. The summed E-state index contributed by atoms with van der Waals surface area (Å²) in [6.45, 7) is 2.22. The highest BCUT2D eigenvalue weighted by Crippen LogP contribution is 2.39. The Labute approximate surface area is 120 Å². The smallest absolute Gasteiger partial charge is 0.418 e. The third-order valence-corrected chi connectivity index (χ3v) is 3.46. The average Bonchev–Trinajstić information content (AvgIpc) is 2.71. The van der Waals surface area contributed by atoms with E-state index >= 15 is 0 Å². The number of carbonyl (C=O) groups excluding carboxylic acids is 1. The van der Waals surface area contributed by atoms with E-state index in [4.69, 9.17) is 10.5 Å². The molecule has 1 amide bonds. The lowest BCUT2D eigenvalue weighted by Crippen LogP contribution is -2.32. The van der Waals surface area contributed by atoms with E-state index in [-0.39, 0.29) is 12.2 Å². The fraction of sp³-hybridized carbons (Fsp3) is 0.500. The van der Waals surface area contributed by atoms with Gasteiger partial charge in [0, 0.05) is 0 Å². The Morgan fingerprint density at radius 2 is 2.05 bits per heavy atom. The molecule has 2 N–H and O–H groups in total. The molecule has 0 spiro atoms. The van der Waals surface area contributed by atoms with Gasteiger partial charge < -0.3 is 10.5 Å². The molecular weight excluding hydrogens is 285 g/mol. The number of benzene rings is 1. The zero-order chi connectivity index (χ0) is 15.7. The van der Waals surface area contributed by atoms with Crippen molar-refractivity contribution in [3.05, 3.63) is 29.8 Å². The first-order chi connectivity index (χ1) is 9.77. The van der Waals surface area contributed by atoms with Crippen LogP contribution in [0, 0.1) is 0 Å². The molecule has 4 nitrogen and oxygen atoms in total. The maximum absolute atomic E-state index is 13.0. The Morgan fingerprint density at radius 3 is 2.67 bits per heavy atom. The van der Waals surface area contributed by atoms with E-state index in [1.54, 1.807) is 6.92 Å². The van der Waals surface area contributed by atoms with Crippen LogP contribution in [-0.2, 0) is 10.9 Å². The Bertz CT molecular complexity index is 533. The molecule has 1 fully saturated rings. The number of ether oxygens (including phenoxy) is 1. The van der Waals surface area contributed by atoms with Crippen LogP contribution in [0.3, 0.4) is 0 Å². The van der Waals surface area contributed by atoms with Crippen molar-refractivity contribution < 1.29 is 22.7 Å². The molecule has 0 aromatic heterocycles. The Morgan fingerprint density at radius 1 is 1.38 bits per heavy atom. The summed E-state index contributed by atoms with van der Waals surface area (Å²) in [6.07, 6.45) is -4.13. The molecule has 0 radical (unpaired) electrons. The number of halogens is 3. The van der Waals surface area contributed by atoms with Gasteiger partial charge in [-0.2, -0.15) is 13.2 Å². The van der Waals surface area contributed by atoms with E-state index < -0.39 is 23.4 Å². The van der Waals surface area contributed by atoms with Gasteiger partial charge in [-0.1, -0.05) is 12.1 Å². The van der Waals surface area contributed by atoms with Crippen molar-refractivity contribution in [2.24, 2.45) is 5.73 Å². The van der Waals surface area contributed by atoms with Crippen molar-refractivity contribution in [2.75, 3.05) is 18.0 Å². The molecule has 1 saturated heterocycles. The molecule has 0 aliphatic carbocycles.